The van der Waals surface area contributed by atoms with Crippen LogP contribution in [0.15, 0.2) is 71.8 Å². The normalized spacial score (nSPS) is 21.5. The summed E-state index contributed by atoms with van der Waals surface area (Å²) in [7, 11) is 1.26. The van der Waals surface area contributed by atoms with E-state index in [2.05, 4.69) is 0 Å². The Morgan fingerprint density at radius 3 is 2.52 bits per heavy atom. The minimum atomic E-state index is -1.09. The lowest BCUT2D eigenvalue weighted by atomic mass is 9.91. The van der Waals surface area contributed by atoms with Gasteiger partial charge in [0.15, 0.2) is 11.6 Å². The van der Waals surface area contributed by atoms with Gasteiger partial charge in [0, 0.05) is 11.1 Å². The Morgan fingerprint density at radius 1 is 1.11 bits per heavy atom. The molecule has 5 heteroatoms. The largest absolute Gasteiger partial charge is 0.508 e. The van der Waals surface area contributed by atoms with E-state index in [1.54, 1.807) is 24.3 Å². The van der Waals surface area contributed by atoms with E-state index < -0.39 is 23.6 Å². The number of ether oxygens (including phenoxy) is 1. The highest BCUT2D eigenvalue weighted by Gasteiger charge is 2.46. The lowest BCUT2D eigenvalue weighted by Gasteiger charge is -2.11. The van der Waals surface area contributed by atoms with Gasteiger partial charge in [-0.25, -0.2) is 4.79 Å². The number of allylic oxidation sites excluding steroid dienone is 4. The molecule has 1 N–H and O–H groups in total. The first-order chi connectivity index (χ1) is 13.0. The Hall–Kier alpha value is -3.47. The predicted molar refractivity (Wildman–Crippen MR) is 99.2 cm³/mol. The third kappa shape index (κ3) is 2.68. The number of methoxy groups -OCH3 is 1. The molecule has 4 rings (SSSR count). The van der Waals surface area contributed by atoms with E-state index in [1.165, 1.54) is 19.3 Å². The Bertz CT molecular complexity index is 1090. The highest BCUT2D eigenvalue weighted by Crippen LogP contribution is 2.42. The average Bonchev–Trinajstić information content (AvgIpc) is 2.83. The van der Waals surface area contributed by atoms with Crippen molar-refractivity contribution in [2.24, 2.45) is 5.92 Å². The van der Waals surface area contributed by atoms with Gasteiger partial charge in [0.25, 0.3) is 0 Å². The summed E-state index contributed by atoms with van der Waals surface area (Å²) in [6, 6.07) is 10.6. The number of esters is 1. The molecule has 2 aliphatic rings. The molecule has 2 aromatic rings. The molecule has 134 valence electrons. The summed E-state index contributed by atoms with van der Waals surface area (Å²) in [5.74, 6) is -3.22. The molecule has 0 heterocycles. The molecule has 0 aliphatic heterocycles. The quantitative estimate of drug-likeness (QED) is 0.658. The van der Waals surface area contributed by atoms with Crippen LogP contribution in [0.2, 0.25) is 0 Å². The Balaban J connectivity index is 1.82. The maximum atomic E-state index is 13.0. The SMILES string of the molecule is COC(=O)C1=CC=CC2C(=O)C(c3cc4ccccc4cc3O)C(=O)C2=C1. The van der Waals surface area contributed by atoms with E-state index >= 15 is 0 Å². The van der Waals surface area contributed by atoms with Gasteiger partial charge in [-0.1, -0.05) is 36.4 Å². The van der Waals surface area contributed by atoms with Crippen LogP contribution in [0.3, 0.4) is 0 Å². The lowest BCUT2D eigenvalue weighted by molar-refractivity contribution is -0.135. The summed E-state index contributed by atoms with van der Waals surface area (Å²) < 4.78 is 4.71. The molecule has 0 saturated heterocycles. The van der Waals surface area contributed by atoms with Gasteiger partial charge in [0.2, 0.25) is 0 Å². The van der Waals surface area contributed by atoms with Crippen molar-refractivity contribution in [3.05, 3.63) is 77.4 Å². The number of carbonyl (C=O) groups is 3. The first-order valence-corrected chi connectivity index (χ1v) is 8.49. The molecular weight excluding hydrogens is 344 g/mol. The first-order valence-electron chi connectivity index (χ1n) is 8.49. The third-order valence-electron chi connectivity index (χ3n) is 4.99. The van der Waals surface area contributed by atoms with E-state index in [4.69, 9.17) is 4.74 Å². The van der Waals surface area contributed by atoms with E-state index in [9.17, 15) is 19.5 Å². The highest BCUT2D eigenvalue weighted by atomic mass is 16.5. The van der Waals surface area contributed by atoms with E-state index in [1.807, 2.05) is 24.3 Å². The van der Waals surface area contributed by atoms with Crippen LogP contribution in [0.4, 0.5) is 0 Å². The molecule has 0 bridgehead atoms. The van der Waals surface area contributed by atoms with Crippen LogP contribution in [-0.2, 0) is 19.1 Å². The number of rotatable bonds is 2. The number of carbonyl (C=O) groups excluding carboxylic acids is 3. The van der Waals surface area contributed by atoms with Gasteiger partial charge < -0.3 is 9.84 Å². The minimum Gasteiger partial charge on any atom is -0.508 e. The standard InChI is InChI=1S/C22H16O5/c1-27-22(26)14-7-4-8-15-16(10-14)21(25)19(20(15)24)17-9-12-5-2-3-6-13(12)11-18(17)23/h2-11,15,19,23H,1H3. The molecule has 1 fully saturated rings. The molecule has 0 spiro atoms. The predicted octanol–water partition coefficient (Wildman–Crippen LogP) is 2.99. The van der Waals surface area contributed by atoms with Crippen LogP contribution in [0, 0.1) is 5.92 Å². The number of fused-ring (bicyclic) bond motifs is 2. The maximum absolute atomic E-state index is 13.0. The molecule has 2 unspecified atom stereocenters. The van der Waals surface area contributed by atoms with Gasteiger partial charge >= 0.3 is 5.97 Å². The zero-order valence-electron chi connectivity index (χ0n) is 14.5. The van der Waals surface area contributed by atoms with Crippen molar-refractivity contribution in [3.63, 3.8) is 0 Å². The monoisotopic (exact) mass is 360 g/mol. The summed E-state index contributed by atoms with van der Waals surface area (Å²) in [4.78, 5) is 37.9. The van der Waals surface area contributed by atoms with Crippen LogP contribution in [0.25, 0.3) is 10.8 Å². The average molecular weight is 360 g/mol. The van der Waals surface area contributed by atoms with Gasteiger partial charge in [-0.15, -0.1) is 0 Å². The van der Waals surface area contributed by atoms with Crippen LogP contribution < -0.4 is 0 Å². The molecule has 1 saturated carbocycles. The Kier molecular flexibility index (Phi) is 4.00. The zero-order chi connectivity index (χ0) is 19.1. The fourth-order valence-corrected chi connectivity index (χ4v) is 3.64. The van der Waals surface area contributed by atoms with Crippen molar-refractivity contribution < 1.29 is 24.2 Å². The van der Waals surface area contributed by atoms with Gasteiger partial charge in [-0.2, -0.15) is 0 Å². The van der Waals surface area contributed by atoms with E-state index in [0.717, 1.165) is 10.8 Å². The van der Waals surface area contributed by atoms with Gasteiger partial charge in [-0.05, 0) is 35.1 Å². The number of benzene rings is 2. The number of Topliss-reactive ketones (excluding diaryl/α,β-unsaturated/α-hetero) is 2. The van der Waals surface area contributed by atoms with E-state index in [0.29, 0.717) is 0 Å². The minimum absolute atomic E-state index is 0.0924. The number of aromatic hydroxyl groups is 1. The van der Waals surface area contributed by atoms with Crippen molar-refractivity contribution in [1.29, 1.82) is 0 Å². The summed E-state index contributed by atoms with van der Waals surface area (Å²) in [5, 5.41) is 12.1. The summed E-state index contributed by atoms with van der Waals surface area (Å²) >= 11 is 0. The number of hydrogen-bond donors (Lipinski definition) is 1. The second kappa shape index (κ2) is 6.36. The van der Waals surface area contributed by atoms with Crippen molar-refractivity contribution in [3.8, 4) is 5.75 Å². The Morgan fingerprint density at radius 2 is 1.81 bits per heavy atom. The highest BCUT2D eigenvalue weighted by molar-refractivity contribution is 6.25. The van der Waals surface area contributed by atoms with Crippen molar-refractivity contribution in [2.45, 2.75) is 5.92 Å². The number of phenols is 1. The zero-order valence-corrected chi connectivity index (χ0v) is 14.5. The molecule has 0 radical (unpaired) electrons. The summed E-state index contributed by atoms with van der Waals surface area (Å²) in [5.41, 5.74) is 0.730. The molecule has 0 amide bonds. The van der Waals surface area contributed by atoms with Crippen LogP contribution in [-0.4, -0.2) is 29.8 Å². The van der Waals surface area contributed by atoms with Gasteiger partial charge in [-0.3, -0.25) is 9.59 Å². The smallest absolute Gasteiger partial charge is 0.337 e. The van der Waals surface area contributed by atoms with Gasteiger partial charge in [0.05, 0.1) is 18.6 Å². The number of phenolic OH excluding ortho intramolecular Hbond substituents is 1. The topological polar surface area (TPSA) is 80.7 Å². The lowest BCUT2D eigenvalue weighted by Crippen LogP contribution is -2.14. The van der Waals surface area contributed by atoms with Crippen molar-refractivity contribution in [1.82, 2.24) is 0 Å². The molecule has 27 heavy (non-hydrogen) atoms. The van der Waals surface area contributed by atoms with Crippen molar-refractivity contribution >= 4 is 28.3 Å². The third-order valence-corrected chi connectivity index (χ3v) is 4.99. The number of ketones is 2. The summed E-state index contributed by atoms with van der Waals surface area (Å²) in [6.45, 7) is 0. The second-order valence-electron chi connectivity index (χ2n) is 6.53. The second-order valence-corrected chi connectivity index (χ2v) is 6.53. The first kappa shape index (κ1) is 17.0. The molecular formula is C22H16O5. The number of hydrogen-bond acceptors (Lipinski definition) is 5. The molecule has 5 nitrogen and oxygen atoms in total. The molecule has 2 aromatic carbocycles. The van der Waals surface area contributed by atoms with Crippen LogP contribution in [0.5, 0.6) is 5.75 Å². The summed E-state index contributed by atoms with van der Waals surface area (Å²) in [6.07, 6.45) is 6.10. The van der Waals surface area contributed by atoms with Crippen LogP contribution in [0.1, 0.15) is 11.5 Å². The maximum Gasteiger partial charge on any atom is 0.337 e. The fourth-order valence-electron chi connectivity index (χ4n) is 3.64. The van der Waals surface area contributed by atoms with Gasteiger partial charge in [0.1, 0.15) is 11.7 Å². The van der Waals surface area contributed by atoms with E-state index in [-0.39, 0.29) is 28.2 Å². The molecule has 0 aromatic heterocycles. The van der Waals surface area contributed by atoms with Crippen molar-refractivity contribution in [2.75, 3.05) is 7.11 Å². The fraction of sp³-hybridized carbons (Fsp3) is 0.136. The van der Waals surface area contributed by atoms with Crippen LogP contribution >= 0.6 is 0 Å². The molecule has 2 aliphatic carbocycles. The Labute approximate surface area is 155 Å². The molecule has 2 atom stereocenters.